The number of nitrogens with zero attached hydrogens (tertiary/aromatic N) is 2. The summed E-state index contributed by atoms with van der Waals surface area (Å²) in [5.74, 6) is 0.655. The highest BCUT2D eigenvalue weighted by molar-refractivity contribution is 5.52. The van der Waals surface area contributed by atoms with Crippen molar-refractivity contribution in [3.05, 3.63) is 24.0 Å². The molecule has 0 amide bonds. The summed E-state index contributed by atoms with van der Waals surface area (Å²) < 4.78 is 0. The standard InChI is InChI=1S/C18H33N3/c1-6-10-19-12-16-9-11-20-13-18(16)21(14-15(4)5)17(7-2)8-3/h9,11,13,15,17,19H,6-8,10,12,14H2,1-5H3. The van der Waals surface area contributed by atoms with Crippen molar-refractivity contribution in [2.45, 2.75) is 66.5 Å². The van der Waals surface area contributed by atoms with Crippen LogP contribution in [-0.4, -0.2) is 24.1 Å². The zero-order chi connectivity index (χ0) is 15.7. The molecular weight excluding hydrogens is 258 g/mol. The van der Waals surface area contributed by atoms with Crippen molar-refractivity contribution in [3.8, 4) is 0 Å². The normalized spacial score (nSPS) is 11.4. The zero-order valence-electron chi connectivity index (χ0n) is 14.5. The Morgan fingerprint density at radius 1 is 1.19 bits per heavy atom. The van der Waals surface area contributed by atoms with Gasteiger partial charge in [-0.1, -0.05) is 34.6 Å². The first-order valence-electron chi connectivity index (χ1n) is 8.54. The van der Waals surface area contributed by atoms with E-state index in [1.54, 1.807) is 0 Å². The minimum Gasteiger partial charge on any atom is -0.367 e. The summed E-state index contributed by atoms with van der Waals surface area (Å²) in [6, 6.07) is 2.76. The van der Waals surface area contributed by atoms with E-state index < -0.39 is 0 Å². The lowest BCUT2D eigenvalue weighted by molar-refractivity contribution is 0.504. The molecule has 1 aromatic heterocycles. The largest absolute Gasteiger partial charge is 0.367 e. The highest BCUT2D eigenvalue weighted by atomic mass is 15.2. The molecule has 0 spiro atoms. The number of hydrogen-bond acceptors (Lipinski definition) is 3. The van der Waals surface area contributed by atoms with Crippen molar-refractivity contribution in [1.29, 1.82) is 0 Å². The van der Waals surface area contributed by atoms with E-state index in [1.807, 2.05) is 12.4 Å². The van der Waals surface area contributed by atoms with Gasteiger partial charge in [-0.25, -0.2) is 0 Å². The average Bonchev–Trinajstić information content (AvgIpc) is 2.48. The predicted octanol–water partition coefficient (Wildman–Crippen LogP) is 4.23. The van der Waals surface area contributed by atoms with Crippen molar-refractivity contribution in [2.24, 2.45) is 5.92 Å². The molecule has 120 valence electrons. The molecule has 0 aliphatic carbocycles. The van der Waals surface area contributed by atoms with Crippen LogP contribution in [0.25, 0.3) is 0 Å². The van der Waals surface area contributed by atoms with Gasteiger partial charge < -0.3 is 10.2 Å². The van der Waals surface area contributed by atoms with Crippen molar-refractivity contribution < 1.29 is 0 Å². The number of rotatable bonds is 10. The summed E-state index contributed by atoms with van der Waals surface area (Å²) in [6.07, 6.45) is 7.49. The fraction of sp³-hybridized carbons (Fsp3) is 0.722. The summed E-state index contributed by atoms with van der Waals surface area (Å²) in [4.78, 5) is 6.95. The van der Waals surface area contributed by atoms with Gasteiger partial charge in [-0.05, 0) is 43.4 Å². The fourth-order valence-corrected chi connectivity index (χ4v) is 2.79. The van der Waals surface area contributed by atoms with Crippen LogP contribution in [0.1, 0.15) is 59.4 Å². The Morgan fingerprint density at radius 3 is 2.48 bits per heavy atom. The van der Waals surface area contributed by atoms with Crippen LogP contribution < -0.4 is 10.2 Å². The lowest BCUT2D eigenvalue weighted by Gasteiger charge is -2.35. The van der Waals surface area contributed by atoms with Gasteiger partial charge in [0.15, 0.2) is 0 Å². The maximum Gasteiger partial charge on any atom is 0.0600 e. The molecule has 0 unspecified atom stereocenters. The molecular formula is C18H33N3. The summed E-state index contributed by atoms with van der Waals surface area (Å²) in [5.41, 5.74) is 2.68. The summed E-state index contributed by atoms with van der Waals surface area (Å²) in [5, 5.41) is 3.52. The first-order valence-corrected chi connectivity index (χ1v) is 8.54. The van der Waals surface area contributed by atoms with Crippen LogP contribution in [0.2, 0.25) is 0 Å². The van der Waals surface area contributed by atoms with E-state index in [0.29, 0.717) is 12.0 Å². The van der Waals surface area contributed by atoms with Crippen molar-refractivity contribution in [3.63, 3.8) is 0 Å². The number of pyridine rings is 1. The first kappa shape index (κ1) is 18.0. The van der Waals surface area contributed by atoms with Crippen LogP contribution in [0.3, 0.4) is 0 Å². The lowest BCUT2D eigenvalue weighted by Crippen LogP contribution is -2.38. The Labute approximate surface area is 131 Å². The molecule has 0 bridgehead atoms. The summed E-state index contributed by atoms with van der Waals surface area (Å²) in [6.45, 7) is 14.5. The lowest BCUT2D eigenvalue weighted by atomic mass is 10.0. The van der Waals surface area contributed by atoms with E-state index in [2.05, 4.69) is 55.9 Å². The van der Waals surface area contributed by atoms with Gasteiger partial charge in [0.1, 0.15) is 0 Å². The van der Waals surface area contributed by atoms with E-state index in [9.17, 15) is 0 Å². The second kappa shape index (κ2) is 9.78. The van der Waals surface area contributed by atoms with Crippen LogP contribution in [-0.2, 0) is 6.54 Å². The van der Waals surface area contributed by atoms with Gasteiger partial charge in [0.25, 0.3) is 0 Å². The molecule has 1 N–H and O–H groups in total. The van der Waals surface area contributed by atoms with Gasteiger partial charge in [-0.3, -0.25) is 4.98 Å². The maximum absolute atomic E-state index is 4.38. The Hall–Kier alpha value is -1.09. The predicted molar refractivity (Wildman–Crippen MR) is 92.8 cm³/mol. The molecule has 0 saturated carbocycles. The third-order valence-corrected chi connectivity index (χ3v) is 3.88. The van der Waals surface area contributed by atoms with Crippen molar-refractivity contribution >= 4 is 5.69 Å². The van der Waals surface area contributed by atoms with Crippen LogP contribution >= 0.6 is 0 Å². The molecule has 1 rings (SSSR count). The Morgan fingerprint density at radius 2 is 1.90 bits per heavy atom. The van der Waals surface area contributed by atoms with E-state index in [1.165, 1.54) is 30.5 Å². The van der Waals surface area contributed by atoms with E-state index in [-0.39, 0.29) is 0 Å². The summed E-state index contributed by atoms with van der Waals surface area (Å²) in [7, 11) is 0. The molecule has 3 heteroatoms. The van der Waals surface area contributed by atoms with E-state index >= 15 is 0 Å². The minimum absolute atomic E-state index is 0.599. The molecule has 0 radical (unpaired) electrons. The fourth-order valence-electron chi connectivity index (χ4n) is 2.79. The second-order valence-corrected chi connectivity index (χ2v) is 6.20. The number of aromatic nitrogens is 1. The second-order valence-electron chi connectivity index (χ2n) is 6.20. The smallest absolute Gasteiger partial charge is 0.0600 e. The third kappa shape index (κ3) is 5.66. The molecule has 0 fully saturated rings. The zero-order valence-corrected chi connectivity index (χ0v) is 14.5. The molecule has 0 aromatic carbocycles. The Bertz CT molecular complexity index is 386. The van der Waals surface area contributed by atoms with Gasteiger partial charge in [0.05, 0.1) is 11.9 Å². The van der Waals surface area contributed by atoms with Crippen molar-refractivity contribution in [1.82, 2.24) is 10.3 Å². The van der Waals surface area contributed by atoms with Gasteiger partial charge in [-0.15, -0.1) is 0 Å². The quantitative estimate of drug-likeness (QED) is 0.654. The third-order valence-electron chi connectivity index (χ3n) is 3.88. The molecule has 0 aliphatic heterocycles. The van der Waals surface area contributed by atoms with Gasteiger partial charge >= 0.3 is 0 Å². The Balaban J connectivity index is 2.99. The molecule has 3 nitrogen and oxygen atoms in total. The van der Waals surface area contributed by atoms with Crippen LogP contribution in [0.4, 0.5) is 5.69 Å². The monoisotopic (exact) mass is 291 g/mol. The molecule has 0 aliphatic rings. The van der Waals surface area contributed by atoms with Gasteiger partial charge in [0.2, 0.25) is 0 Å². The molecule has 0 atom stereocenters. The van der Waals surface area contributed by atoms with Gasteiger partial charge in [0, 0.05) is 25.3 Å². The maximum atomic E-state index is 4.38. The number of hydrogen-bond donors (Lipinski definition) is 1. The highest BCUT2D eigenvalue weighted by Gasteiger charge is 2.19. The molecule has 0 saturated heterocycles. The average molecular weight is 291 g/mol. The highest BCUT2D eigenvalue weighted by Crippen LogP contribution is 2.25. The first-order chi connectivity index (χ1) is 10.1. The summed E-state index contributed by atoms with van der Waals surface area (Å²) >= 11 is 0. The van der Waals surface area contributed by atoms with Crippen molar-refractivity contribution in [2.75, 3.05) is 18.0 Å². The Kier molecular flexibility index (Phi) is 8.36. The van der Waals surface area contributed by atoms with Crippen LogP contribution in [0.5, 0.6) is 0 Å². The molecule has 1 aromatic rings. The number of anilines is 1. The van der Waals surface area contributed by atoms with Gasteiger partial charge in [-0.2, -0.15) is 0 Å². The topological polar surface area (TPSA) is 28.2 Å². The van der Waals surface area contributed by atoms with Crippen LogP contribution in [0.15, 0.2) is 18.5 Å². The minimum atomic E-state index is 0.599. The molecule has 1 heterocycles. The van der Waals surface area contributed by atoms with E-state index in [0.717, 1.165) is 19.6 Å². The van der Waals surface area contributed by atoms with E-state index in [4.69, 9.17) is 0 Å². The molecule has 21 heavy (non-hydrogen) atoms. The SMILES string of the molecule is CCCNCc1ccncc1N(CC(C)C)C(CC)CC. The number of nitrogens with one attached hydrogen (secondary N) is 1. The van der Waals surface area contributed by atoms with Crippen LogP contribution in [0, 0.1) is 5.92 Å².